The number of carbonyl (C=O) groups is 1. The zero-order valence-electron chi connectivity index (χ0n) is 6.43. The van der Waals surface area contributed by atoms with E-state index < -0.39 is 6.09 Å². The highest BCUT2D eigenvalue weighted by molar-refractivity contribution is 7.78. The van der Waals surface area contributed by atoms with Crippen molar-refractivity contribution < 1.29 is 9.53 Å². The summed E-state index contributed by atoms with van der Waals surface area (Å²) >= 11 is 4.39. The van der Waals surface area contributed by atoms with E-state index in [1.165, 1.54) is 12.3 Å². The van der Waals surface area contributed by atoms with E-state index in [-0.39, 0.29) is 5.88 Å². The fraction of sp³-hybridized carbons (Fsp3) is 0. The number of pyridine rings is 1. The number of primary amides is 1. The highest BCUT2D eigenvalue weighted by atomic mass is 32.1. The highest BCUT2D eigenvalue weighted by Crippen LogP contribution is 2.13. The van der Waals surface area contributed by atoms with Gasteiger partial charge < -0.3 is 10.5 Å². The SMILES string of the molecule is NC(=O)Oc1ccc(N=C=S)cn1. The van der Waals surface area contributed by atoms with Crippen LogP contribution in [-0.2, 0) is 0 Å². The number of isothiocyanates is 1. The summed E-state index contributed by atoms with van der Waals surface area (Å²) in [5.41, 5.74) is 5.30. The van der Waals surface area contributed by atoms with Crippen molar-refractivity contribution in [2.24, 2.45) is 10.7 Å². The molecular weight excluding hydrogens is 190 g/mol. The average molecular weight is 195 g/mol. The summed E-state index contributed by atoms with van der Waals surface area (Å²) in [6.45, 7) is 0. The van der Waals surface area contributed by atoms with E-state index in [1.807, 2.05) is 0 Å². The van der Waals surface area contributed by atoms with Crippen molar-refractivity contribution in [3.63, 3.8) is 0 Å². The van der Waals surface area contributed by atoms with Gasteiger partial charge in [-0.25, -0.2) is 9.78 Å². The summed E-state index contributed by atoms with van der Waals surface area (Å²) in [7, 11) is 0. The van der Waals surface area contributed by atoms with Crippen molar-refractivity contribution in [1.29, 1.82) is 0 Å². The lowest BCUT2D eigenvalue weighted by Gasteiger charge is -1.97. The number of nitrogens with two attached hydrogens (primary N) is 1. The van der Waals surface area contributed by atoms with Gasteiger partial charge in [-0.1, -0.05) is 0 Å². The maximum atomic E-state index is 10.3. The number of nitrogens with zero attached hydrogens (tertiary/aromatic N) is 2. The van der Waals surface area contributed by atoms with Crippen molar-refractivity contribution in [2.75, 3.05) is 0 Å². The van der Waals surface area contributed by atoms with E-state index in [9.17, 15) is 4.79 Å². The minimum absolute atomic E-state index is 0.121. The van der Waals surface area contributed by atoms with Crippen LogP contribution in [0.1, 0.15) is 0 Å². The van der Waals surface area contributed by atoms with Crippen molar-refractivity contribution in [2.45, 2.75) is 0 Å². The largest absolute Gasteiger partial charge is 0.411 e. The molecule has 2 N–H and O–H groups in total. The molecule has 0 bridgehead atoms. The van der Waals surface area contributed by atoms with Crippen LogP contribution in [0.3, 0.4) is 0 Å². The molecular formula is C7H5N3O2S. The molecule has 0 spiro atoms. The molecule has 0 saturated carbocycles. The van der Waals surface area contributed by atoms with Gasteiger partial charge in [0.1, 0.15) is 0 Å². The van der Waals surface area contributed by atoms with E-state index in [1.54, 1.807) is 6.07 Å². The number of aromatic nitrogens is 1. The Hall–Kier alpha value is -1.78. The molecule has 0 fully saturated rings. The van der Waals surface area contributed by atoms with Crippen LogP contribution in [0.4, 0.5) is 10.5 Å². The Morgan fingerprint density at radius 2 is 2.46 bits per heavy atom. The quantitative estimate of drug-likeness (QED) is 0.569. The van der Waals surface area contributed by atoms with Crippen molar-refractivity contribution >= 4 is 29.2 Å². The topological polar surface area (TPSA) is 77.6 Å². The monoisotopic (exact) mass is 195 g/mol. The molecule has 1 heterocycles. The van der Waals surface area contributed by atoms with Crippen LogP contribution in [0.2, 0.25) is 0 Å². The first-order valence-corrected chi connectivity index (χ1v) is 3.64. The number of aliphatic imine (C=N–C) groups is 1. The average Bonchev–Trinajstić information content (AvgIpc) is 2.08. The summed E-state index contributed by atoms with van der Waals surface area (Å²) in [4.78, 5) is 17.7. The molecule has 0 radical (unpaired) electrons. The second-order valence-corrected chi connectivity index (χ2v) is 2.16. The smallest absolute Gasteiger partial charge is 0.391 e. The Morgan fingerprint density at radius 3 is 2.92 bits per heavy atom. The zero-order chi connectivity index (χ0) is 9.68. The molecule has 1 aromatic rings. The van der Waals surface area contributed by atoms with Gasteiger partial charge >= 0.3 is 6.09 Å². The molecule has 0 aliphatic rings. The predicted octanol–water partition coefficient (Wildman–Crippen LogP) is 1.27. The molecule has 13 heavy (non-hydrogen) atoms. The summed E-state index contributed by atoms with van der Waals surface area (Å²) in [5, 5.41) is 2.18. The summed E-state index contributed by atoms with van der Waals surface area (Å²) in [5.74, 6) is 0.121. The van der Waals surface area contributed by atoms with Gasteiger partial charge in [-0.15, -0.1) is 0 Å². The lowest BCUT2D eigenvalue weighted by Crippen LogP contribution is -2.16. The first kappa shape index (κ1) is 9.31. The third-order valence-corrected chi connectivity index (χ3v) is 1.19. The van der Waals surface area contributed by atoms with Gasteiger partial charge in [-0.05, 0) is 18.3 Å². The number of thiocarbonyl (C=S) groups is 1. The van der Waals surface area contributed by atoms with Crippen LogP contribution in [0, 0.1) is 0 Å². The molecule has 0 aliphatic heterocycles. The van der Waals surface area contributed by atoms with Crippen LogP contribution in [0.15, 0.2) is 23.3 Å². The molecule has 5 nitrogen and oxygen atoms in total. The summed E-state index contributed by atoms with van der Waals surface area (Å²) in [6.07, 6.45) is 0.482. The number of amides is 1. The molecule has 0 unspecified atom stereocenters. The van der Waals surface area contributed by atoms with Crippen LogP contribution in [0.25, 0.3) is 0 Å². The first-order chi connectivity index (χ1) is 6.22. The Labute approximate surface area is 79.2 Å². The van der Waals surface area contributed by atoms with Crippen molar-refractivity contribution in [1.82, 2.24) is 4.98 Å². The molecule has 1 aromatic heterocycles. The van der Waals surface area contributed by atoms with Gasteiger partial charge in [0.2, 0.25) is 5.88 Å². The third-order valence-electron chi connectivity index (χ3n) is 1.10. The Bertz CT molecular complexity index is 357. The molecule has 1 rings (SSSR count). The second-order valence-electron chi connectivity index (χ2n) is 1.98. The lowest BCUT2D eigenvalue weighted by atomic mass is 10.4. The van der Waals surface area contributed by atoms with Crippen molar-refractivity contribution in [3.8, 4) is 5.88 Å². The van der Waals surface area contributed by atoms with Crippen molar-refractivity contribution in [3.05, 3.63) is 18.3 Å². The van der Waals surface area contributed by atoms with Gasteiger partial charge in [0, 0.05) is 6.07 Å². The van der Waals surface area contributed by atoms with E-state index in [2.05, 4.69) is 32.1 Å². The summed E-state index contributed by atoms with van der Waals surface area (Å²) < 4.78 is 4.49. The van der Waals surface area contributed by atoms with Gasteiger partial charge in [0.05, 0.1) is 17.0 Å². The second kappa shape index (κ2) is 4.30. The van der Waals surface area contributed by atoms with Crippen LogP contribution in [0.5, 0.6) is 5.88 Å². The third kappa shape index (κ3) is 2.98. The van der Waals surface area contributed by atoms with E-state index in [4.69, 9.17) is 5.73 Å². The zero-order valence-corrected chi connectivity index (χ0v) is 7.25. The fourth-order valence-corrected chi connectivity index (χ4v) is 0.760. The lowest BCUT2D eigenvalue weighted by molar-refractivity contribution is 0.209. The standard InChI is InChI=1S/C7H5N3O2S/c8-7(11)12-6-2-1-5(3-9-6)10-4-13/h1-3H,(H2,8,11). The van der Waals surface area contributed by atoms with Gasteiger partial charge in [-0.2, -0.15) is 4.99 Å². The maximum Gasteiger partial charge on any atom is 0.411 e. The van der Waals surface area contributed by atoms with Gasteiger partial charge in [-0.3, -0.25) is 0 Å². The van der Waals surface area contributed by atoms with E-state index in [0.29, 0.717) is 5.69 Å². The maximum absolute atomic E-state index is 10.3. The van der Waals surface area contributed by atoms with Gasteiger partial charge in [0.15, 0.2) is 0 Å². The fourth-order valence-electron chi connectivity index (χ4n) is 0.655. The molecule has 0 saturated heterocycles. The van der Waals surface area contributed by atoms with Crippen LogP contribution in [-0.4, -0.2) is 16.2 Å². The molecule has 1 amide bonds. The summed E-state index contributed by atoms with van der Waals surface area (Å²) in [6, 6.07) is 3.03. The minimum Gasteiger partial charge on any atom is -0.391 e. The van der Waals surface area contributed by atoms with Gasteiger partial charge in [0.25, 0.3) is 0 Å². The molecule has 0 aromatic carbocycles. The molecule has 0 aliphatic carbocycles. The van der Waals surface area contributed by atoms with E-state index in [0.717, 1.165) is 0 Å². The number of carbonyl (C=O) groups excluding carboxylic acids is 1. The number of rotatable bonds is 2. The Balaban J connectivity index is 2.80. The molecule has 66 valence electrons. The van der Waals surface area contributed by atoms with Crippen LogP contribution < -0.4 is 10.5 Å². The number of hydrogen-bond acceptors (Lipinski definition) is 5. The van der Waals surface area contributed by atoms with E-state index >= 15 is 0 Å². The molecule has 6 heteroatoms. The Morgan fingerprint density at radius 1 is 1.69 bits per heavy atom. The Kier molecular flexibility index (Phi) is 3.08. The molecule has 0 atom stereocenters. The first-order valence-electron chi connectivity index (χ1n) is 3.23. The minimum atomic E-state index is -0.904. The highest BCUT2D eigenvalue weighted by Gasteiger charge is 1.98. The normalized spacial score (nSPS) is 8.62. The number of hydrogen-bond donors (Lipinski definition) is 1. The predicted molar refractivity (Wildman–Crippen MR) is 49.1 cm³/mol. The van der Waals surface area contributed by atoms with Crippen LogP contribution >= 0.6 is 12.2 Å². The number of ether oxygens (including phenoxy) is 1.